The first-order chi connectivity index (χ1) is 14.2. The van der Waals surface area contributed by atoms with Gasteiger partial charge in [-0.3, -0.25) is 4.79 Å². The van der Waals surface area contributed by atoms with Crippen LogP contribution in [0.1, 0.15) is 28.1 Å². The molecule has 0 radical (unpaired) electrons. The molecule has 3 aromatic rings. The van der Waals surface area contributed by atoms with Gasteiger partial charge in [-0.1, -0.05) is 12.1 Å². The fourth-order valence-corrected chi connectivity index (χ4v) is 4.96. The molecule has 29 heavy (non-hydrogen) atoms. The predicted molar refractivity (Wildman–Crippen MR) is 112 cm³/mol. The van der Waals surface area contributed by atoms with Crippen molar-refractivity contribution >= 4 is 33.3 Å². The first kappa shape index (κ1) is 18.2. The molecular weight excluding hydrogens is 388 g/mol. The number of carbonyl (C=O) groups excluding carboxylic acids is 1. The third-order valence-corrected chi connectivity index (χ3v) is 6.57. The van der Waals surface area contributed by atoms with Crippen molar-refractivity contribution in [2.45, 2.75) is 25.9 Å². The van der Waals surface area contributed by atoms with Crippen molar-refractivity contribution in [3.8, 4) is 11.5 Å². The molecule has 8 heteroatoms. The van der Waals surface area contributed by atoms with Gasteiger partial charge in [0, 0.05) is 13.1 Å². The van der Waals surface area contributed by atoms with E-state index in [4.69, 9.17) is 9.47 Å². The van der Waals surface area contributed by atoms with Gasteiger partial charge in [-0.15, -0.1) is 11.3 Å². The van der Waals surface area contributed by atoms with E-state index in [1.165, 1.54) is 17.7 Å². The average Bonchev–Trinajstić information content (AvgIpc) is 3.40. The minimum atomic E-state index is -0.125. The highest BCUT2D eigenvalue weighted by Crippen LogP contribution is 2.35. The van der Waals surface area contributed by atoms with Crippen LogP contribution < -0.4 is 14.8 Å². The Morgan fingerprint density at radius 1 is 1.24 bits per heavy atom. The quantitative estimate of drug-likeness (QED) is 0.710. The fourth-order valence-electron chi connectivity index (χ4n) is 3.85. The van der Waals surface area contributed by atoms with E-state index in [1.54, 1.807) is 0 Å². The van der Waals surface area contributed by atoms with Gasteiger partial charge >= 0.3 is 0 Å². The number of rotatable bonds is 4. The summed E-state index contributed by atoms with van der Waals surface area (Å²) in [5, 5.41) is 4.29. The van der Waals surface area contributed by atoms with Crippen LogP contribution in [0.3, 0.4) is 0 Å². The third-order valence-electron chi connectivity index (χ3n) is 5.38. The molecule has 0 saturated carbocycles. The summed E-state index contributed by atoms with van der Waals surface area (Å²) in [7, 11) is 0. The lowest BCUT2D eigenvalue weighted by atomic mass is 10.2. The second-order valence-electron chi connectivity index (χ2n) is 7.34. The molecule has 2 aliphatic rings. The van der Waals surface area contributed by atoms with Gasteiger partial charge in [0.1, 0.15) is 29.7 Å². The van der Waals surface area contributed by atoms with Gasteiger partial charge in [-0.25, -0.2) is 9.97 Å². The van der Waals surface area contributed by atoms with Crippen LogP contribution in [-0.2, 0) is 0 Å². The average molecular weight is 410 g/mol. The number of benzene rings is 1. The number of hydrogen-bond acceptors (Lipinski definition) is 7. The van der Waals surface area contributed by atoms with E-state index in [-0.39, 0.29) is 12.0 Å². The number of aryl methyl sites for hydroxylation is 1. The van der Waals surface area contributed by atoms with Gasteiger partial charge in [0.05, 0.1) is 16.8 Å². The normalized spacial score (nSPS) is 18.2. The molecule has 1 saturated heterocycles. The van der Waals surface area contributed by atoms with Crippen LogP contribution in [0.2, 0.25) is 0 Å². The molecule has 1 aromatic carbocycles. The molecule has 1 N–H and O–H groups in total. The number of fused-ring (bicyclic) bond motifs is 2. The number of thiophene rings is 1. The lowest BCUT2D eigenvalue weighted by Gasteiger charge is -2.26. The molecular formula is C21H22N4O3S. The number of amides is 1. The van der Waals surface area contributed by atoms with Crippen LogP contribution in [-0.4, -0.2) is 53.1 Å². The van der Waals surface area contributed by atoms with Crippen LogP contribution >= 0.6 is 11.3 Å². The molecule has 1 fully saturated rings. The second-order valence-corrected chi connectivity index (χ2v) is 8.34. The Hall–Kier alpha value is -2.87. The van der Waals surface area contributed by atoms with Crippen LogP contribution in [0.25, 0.3) is 10.2 Å². The highest BCUT2D eigenvalue weighted by Gasteiger charge is 2.26. The summed E-state index contributed by atoms with van der Waals surface area (Å²) in [4.78, 5) is 25.3. The molecule has 1 unspecified atom stereocenters. The Morgan fingerprint density at radius 3 is 2.86 bits per heavy atom. The van der Waals surface area contributed by atoms with Crippen LogP contribution in [0.5, 0.6) is 11.5 Å². The van der Waals surface area contributed by atoms with Crippen molar-refractivity contribution in [3.05, 3.63) is 41.0 Å². The van der Waals surface area contributed by atoms with E-state index >= 15 is 0 Å². The highest BCUT2D eigenvalue weighted by atomic mass is 32.1. The van der Waals surface area contributed by atoms with Gasteiger partial charge in [0.25, 0.3) is 5.91 Å². The van der Waals surface area contributed by atoms with Crippen molar-refractivity contribution in [2.75, 3.05) is 31.6 Å². The number of hydrogen-bond donors (Lipinski definition) is 1. The van der Waals surface area contributed by atoms with Crippen LogP contribution in [0, 0.1) is 6.92 Å². The first-order valence-electron chi connectivity index (χ1n) is 9.86. The third kappa shape index (κ3) is 3.37. The van der Waals surface area contributed by atoms with Crippen molar-refractivity contribution < 1.29 is 14.3 Å². The number of aromatic nitrogens is 2. The Morgan fingerprint density at radius 2 is 2.03 bits per heavy atom. The van der Waals surface area contributed by atoms with Crippen LogP contribution in [0.15, 0.2) is 30.6 Å². The summed E-state index contributed by atoms with van der Waals surface area (Å²) in [5.74, 6) is 2.36. The largest absolute Gasteiger partial charge is 0.486 e. The molecule has 5 rings (SSSR count). The second kappa shape index (κ2) is 7.51. The van der Waals surface area contributed by atoms with E-state index in [1.807, 2.05) is 36.1 Å². The maximum absolute atomic E-state index is 12.9. The number of likely N-dealkylation sites (tertiary alicyclic amines) is 1. The van der Waals surface area contributed by atoms with E-state index < -0.39 is 0 Å². The number of nitrogens with one attached hydrogen (secondary N) is 1. The molecule has 1 amide bonds. The minimum Gasteiger partial charge on any atom is -0.486 e. The summed E-state index contributed by atoms with van der Waals surface area (Å²) in [6.07, 6.45) is 3.57. The zero-order chi connectivity index (χ0) is 19.8. The standard InChI is InChI=1S/C21H22N4O3S/c1-13-17-19(22-10-14-11-27-15-6-2-3-7-16(15)28-14)23-12-24-20(17)29-18(13)21(26)25-8-4-5-9-25/h2-3,6-7,12,14H,4-5,8-11H2,1H3,(H,22,23,24). The molecule has 2 aliphatic heterocycles. The molecule has 2 aromatic heterocycles. The molecule has 0 spiro atoms. The van der Waals surface area contributed by atoms with Crippen molar-refractivity contribution in [2.24, 2.45) is 0 Å². The lowest BCUT2D eigenvalue weighted by molar-refractivity contribution is 0.0797. The SMILES string of the molecule is Cc1c(C(=O)N2CCCC2)sc2ncnc(NCC3COc4ccccc4O3)c12. The maximum Gasteiger partial charge on any atom is 0.264 e. The summed E-state index contributed by atoms with van der Waals surface area (Å²) < 4.78 is 11.8. The minimum absolute atomic E-state index is 0.106. The Labute approximate surface area is 172 Å². The van der Waals surface area contributed by atoms with Gasteiger partial charge < -0.3 is 19.7 Å². The number of carbonyl (C=O) groups is 1. The smallest absolute Gasteiger partial charge is 0.264 e. The highest BCUT2D eigenvalue weighted by molar-refractivity contribution is 7.20. The monoisotopic (exact) mass is 410 g/mol. The summed E-state index contributed by atoms with van der Waals surface area (Å²) in [6.45, 7) is 4.67. The van der Waals surface area contributed by atoms with E-state index in [9.17, 15) is 4.79 Å². The van der Waals surface area contributed by atoms with E-state index in [2.05, 4.69) is 15.3 Å². The lowest BCUT2D eigenvalue weighted by Crippen LogP contribution is -2.35. The van der Waals surface area contributed by atoms with Gasteiger partial charge in [0.2, 0.25) is 0 Å². The van der Waals surface area contributed by atoms with Crippen molar-refractivity contribution in [3.63, 3.8) is 0 Å². The zero-order valence-electron chi connectivity index (χ0n) is 16.2. The van der Waals surface area contributed by atoms with Crippen LogP contribution in [0.4, 0.5) is 5.82 Å². The van der Waals surface area contributed by atoms with Crippen molar-refractivity contribution in [1.82, 2.24) is 14.9 Å². The van der Waals surface area contributed by atoms with Gasteiger partial charge in [0.15, 0.2) is 11.5 Å². The summed E-state index contributed by atoms with van der Waals surface area (Å²) in [6, 6.07) is 7.67. The van der Waals surface area contributed by atoms with E-state index in [0.29, 0.717) is 13.2 Å². The molecule has 0 aliphatic carbocycles. The predicted octanol–water partition coefficient (Wildman–Crippen LogP) is 3.49. The molecule has 150 valence electrons. The molecule has 1 atom stereocenters. The van der Waals surface area contributed by atoms with Crippen molar-refractivity contribution in [1.29, 1.82) is 0 Å². The molecule has 7 nitrogen and oxygen atoms in total. The maximum atomic E-state index is 12.9. The number of ether oxygens (including phenoxy) is 2. The van der Waals surface area contributed by atoms with Gasteiger partial charge in [-0.05, 0) is 37.5 Å². The number of para-hydroxylation sites is 2. The summed E-state index contributed by atoms with van der Waals surface area (Å²) in [5.41, 5.74) is 0.941. The Bertz CT molecular complexity index is 1060. The Kier molecular flexibility index (Phi) is 4.71. The molecule has 4 heterocycles. The van der Waals surface area contributed by atoms with Gasteiger partial charge in [-0.2, -0.15) is 0 Å². The fraction of sp³-hybridized carbons (Fsp3) is 0.381. The number of nitrogens with zero attached hydrogens (tertiary/aromatic N) is 3. The topological polar surface area (TPSA) is 76.6 Å². The zero-order valence-corrected chi connectivity index (χ0v) is 17.0. The number of anilines is 1. The first-order valence-corrected chi connectivity index (χ1v) is 10.7. The van der Waals surface area contributed by atoms with E-state index in [0.717, 1.165) is 63.9 Å². The Balaban J connectivity index is 1.36. The molecule has 0 bridgehead atoms. The summed E-state index contributed by atoms with van der Waals surface area (Å²) >= 11 is 1.45.